The number of hydrogen-bond donors (Lipinski definition) is 1. The van der Waals surface area contributed by atoms with E-state index >= 15 is 0 Å². The number of carbonyl (C=O) groups excluding carboxylic acids is 1. The summed E-state index contributed by atoms with van der Waals surface area (Å²) in [6.07, 6.45) is 0. The Balaban J connectivity index is 1.95. The van der Waals surface area contributed by atoms with Gasteiger partial charge in [-0.05, 0) is 24.4 Å². The Bertz CT molecular complexity index is 894. The van der Waals surface area contributed by atoms with Crippen molar-refractivity contribution in [3.05, 3.63) is 70.6 Å². The van der Waals surface area contributed by atoms with Crippen LogP contribution in [0.25, 0.3) is 10.8 Å². The van der Waals surface area contributed by atoms with Crippen molar-refractivity contribution in [3.63, 3.8) is 0 Å². The summed E-state index contributed by atoms with van der Waals surface area (Å²) in [5.74, 6) is -0.335. The van der Waals surface area contributed by atoms with Crippen molar-refractivity contribution in [3.8, 4) is 0 Å². The van der Waals surface area contributed by atoms with Crippen LogP contribution in [0.3, 0.4) is 0 Å². The third-order valence-corrected chi connectivity index (χ3v) is 3.44. The summed E-state index contributed by atoms with van der Waals surface area (Å²) < 4.78 is 1.26. The molecular formula is C17H15N3O2. The van der Waals surface area contributed by atoms with Gasteiger partial charge in [-0.1, -0.05) is 36.4 Å². The van der Waals surface area contributed by atoms with Gasteiger partial charge in [-0.3, -0.25) is 9.59 Å². The van der Waals surface area contributed by atoms with Crippen molar-refractivity contribution in [2.45, 2.75) is 13.5 Å². The minimum Gasteiger partial charge on any atom is -0.320 e. The third-order valence-electron chi connectivity index (χ3n) is 3.44. The average molecular weight is 293 g/mol. The summed E-state index contributed by atoms with van der Waals surface area (Å²) in [4.78, 5) is 23.9. The summed E-state index contributed by atoms with van der Waals surface area (Å²) in [7, 11) is 0. The monoisotopic (exact) mass is 293 g/mol. The first-order valence-electron chi connectivity index (χ1n) is 7.06. The van der Waals surface area contributed by atoms with Crippen LogP contribution in [0.15, 0.2) is 59.4 Å². The van der Waals surface area contributed by atoms with Crippen molar-refractivity contribution >= 4 is 22.4 Å². The van der Waals surface area contributed by atoms with Crippen LogP contribution in [0.1, 0.15) is 17.4 Å². The van der Waals surface area contributed by atoms with Crippen LogP contribution in [-0.2, 0) is 6.54 Å². The zero-order valence-corrected chi connectivity index (χ0v) is 12.1. The minimum absolute atomic E-state index is 0.217. The fraction of sp³-hybridized carbons (Fsp3) is 0.118. The van der Waals surface area contributed by atoms with Crippen LogP contribution in [0.5, 0.6) is 0 Å². The van der Waals surface area contributed by atoms with Gasteiger partial charge in [0.2, 0.25) is 0 Å². The number of rotatable bonds is 3. The molecule has 0 saturated carbocycles. The molecule has 1 aromatic heterocycles. The van der Waals surface area contributed by atoms with E-state index in [2.05, 4.69) is 10.4 Å². The number of anilines is 1. The fourth-order valence-corrected chi connectivity index (χ4v) is 2.32. The molecule has 0 aliphatic heterocycles. The topological polar surface area (TPSA) is 64.0 Å². The molecule has 1 N–H and O–H groups in total. The van der Waals surface area contributed by atoms with Gasteiger partial charge in [-0.15, -0.1) is 0 Å². The SMILES string of the molecule is CCn1nc(C(=O)Nc2cccc3ccccc23)ccc1=O. The number of nitrogens with zero attached hydrogens (tertiary/aromatic N) is 2. The standard InChI is InChI=1S/C17H15N3O2/c1-2-20-16(21)11-10-15(19-20)17(22)18-14-9-5-7-12-6-3-4-8-13(12)14/h3-11H,2H2,1H3,(H,18,22). The molecule has 0 saturated heterocycles. The van der Waals surface area contributed by atoms with Crippen molar-refractivity contribution in [1.29, 1.82) is 0 Å². The normalized spacial score (nSPS) is 10.6. The van der Waals surface area contributed by atoms with E-state index in [1.807, 2.05) is 42.5 Å². The second-order valence-electron chi connectivity index (χ2n) is 4.85. The molecule has 2 aromatic carbocycles. The first-order chi connectivity index (χ1) is 10.7. The van der Waals surface area contributed by atoms with E-state index in [1.165, 1.54) is 16.8 Å². The van der Waals surface area contributed by atoms with E-state index in [0.717, 1.165) is 16.5 Å². The lowest BCUT2D eigenvalue weighted by Crippen LogP contribution is -2.25. The Morgan fingerprint density at radius 3 is 2.68 bits per heavy atom. The molecule has 22 heavy (non-hydrogen) atoms. The summed E-state index contributed by atoms with van der Waals surface area (Å²) in [6.45, 7) is 2.23. The molecule has 0 spiro atoms. The lowest BCUT2D eigenvalue weighted by Gasteiger charge is -2.09. The average Bonchev–Trinajstić information content (AvgIpc) is 2.55. The number of fused-ring (bicyclic) bond motifs is 1. The van der Waals surface area contributed by atoms with E-state index in [-0.39, 0.29) is 17.2 Å². The van der Waals surface area contributed by atoms with Crippen LogP contribution in [0, 0.1) is 0 Å². The number of nitrogens with one attached hydrogen (secondary N) is 1. The van der Waals surface area contributed by atoms with E-state index in [9.17, 15) is 9.59 Å². The van der Waals surface area contributed by atoms with Crippen LogP contribution in [-0.4, -0.2) is 15.7 Å². The predicted octanol–water partition coefficient (Wildman–Crippen LogP) is 2.67. The van der Waals surface area contributed by atoms with Gasteiger partial charge in [-0.25, -0.2) is 4.68 Å². The molecule has 3 rings (SSSR count). The molecule has 5 heteroatoms. The van der Waals surface area contributed by atoms with Gasteiger partial charge in [0, 0.05) is 23.7 Å². The predicted molar refractivity (Wildman–Crippen MR) is 86.1 cm³/mol. The van der Waals surface area contributed by atoms with Gasteiger partial charge in [0.1, 0.15) is 5.69 Å². The quantitative estimate of drug-likeness (QED) is 0.807. The second kappa shape index (κ2) is 5.81. The number of aryl methyl sites for hydroxylation is 1. The van der Waals surface area contributed by atoms with Crippen molar-refractivity contribution < 1.29 is 4.79 Å². The number of aromatic nitrogens is 2. The zero-order chi connectivity index (χ0) is 15.5. The number of hydrogen-bond acceptors (Lipinski definition) is 3. The van der Waals surface area contributed by atoms with E-state index in [0.29, 0.717) is 6.54 Å². The molecule has 0 unspecified atom stereocenters. The molecule has 5 nitrogen and oxygen atoms in total. The highest BCUT2D eigenvalue weighted by molar-refractivity contribution is 6.08. The molecule has 0 radical (unpaired) electrons. The fourth-order valence-electron chi connectivity index (χ4n) is 2.32. The number of carbonyl (C=O) groups is 1. The van der Waals surface area contributed by atoms with E-state index in [1.54, 1.807) is 6.92 Å². The summed E-state index contributed by atoms with van der Waals surface area (Å²) >= 11 is 0. The van der Waals surface area contributed by atoms with Crippen molar-refractivity contribution in [1.82, 2.24) is 9.78 Å². The molecular weight excluding hydrogens is 278 g/mol. The summed E-state index contributed by atoms with van der Waals surface area (Å²) in [6, 6.07) is 16.3. The lowest BCUT2D eigenvalue weighted by molar-refractivity contribution is 0.102. The zero-order valence-electron chi connectivity index (χ0n) is 12.1. The van der Waals surface area contributed by atoms with Gasteiger partial charge in [0.05, 0.1) is 0 Å². The molecule has 110 valence electrons. The van der Waals surface area contributed by atoms with Crippen molar-refractivity contribution in [2.24, 2.45) is 0 Å². The van der Waals surface area contributed by atoms with Crippen LogP contribution in [0.4, 0.5) is 5.69 Å². The molecule has 1 amide bonds. The maximum Gasteiger partial charge on any atom is 0.276 e. The van der Waals surface area contributed by atoms with Gasteiger partial charge in [0.25, 0.3) is 11.5 Å². The Kier molecular flexibility index (Phi) is 3.70. The smallest absolute Gasteiger partial charge is 0.276 e. The Morgan fingerprint density at radius 1 is 1.09 bits per heavy atom. The molecule has 1 heterocycles. The Morgan fingerprint density at radius 2 is 1.86 bits per heavy atom. The molecule has 0 bridgehead atoms. The second-order valence-corrected chi connectivity index (χ2v) is 4.85. The minimum atomic E-state index is -0.335. The maximum absolute atomic E-state index is 12.3. The summed E-state index contributed by atoms with van der Waals surface area (Å²) in [5, 5.41) is 8.92. The largest absolute Gasteiger partial charge is 0.320 e. The van der Waals surface area contributed by atoms with Gasteiger partial charge < -0.3 is 5.32 Å². The van der Waals surface area contributed by atoms with Gasteiger partial charge in [-0.2, -0.15) is 5.10 Å². The summed E-state index contributed by atoms with van der Waals surface area (Å²) in [5.41, 5.74) is 0.720. The maximum atomic E-state index is 12.3. The highest BCUT2D eigenvalue weighted by Gasteiger charge is 2.11. The molecule has 0 atom stereocenters. The molecule has 0 aliphatic rings. The van der Waals surface area contributed by atoms with Crippen LogP contribution >= 0.6 is 0 Å². The van der Waals surface area contributed by atoms with E-state index < -0.39 is 0 Å². The lowest BCUT2D eigenvalue weighted by atomic mass is 10.1. The highest BCUT2D eigenvalue weighted by Crippen LogP contribution is 2.23. The molecule has 0 aliphatic carbocycles. The van der Waals surface area contributed by atoms with Gasteiger partial charge >= 0.3 is 0 Å². The number of amides is 1. The van der Waals surface area contributed by atoms with Crippen LogP contribution in [0.2, 0.25) is 0 Å². The Hall–Kier alpha value is -2.95. The van der Waals surface area contributed by atoms with E-state index in [4.69, 9.17) is 0 Å². The third kappa shape index (κ3) is 2.61. The van der Waals surface area contributed by atoms with Gasteiger partial charge in [0.15, 0.2) is 0 Å². The van der Waals surface area contributed by atoms with Crippen LogP contribution < -0.4 is 10.9 Å². The first kappa shape index (κ1) is 14.0. The molecule has 3 aromatic rings. The molecule has 0 fully saturated rings. The number of benzene rings is 2. The highest BCUT2D eigenvalue weighted by atomic mass is 16.2. The Labute approximate surface area is 127 Å². The first-order valence-corrected chi connectivity index (χ1v) is 7.06. The van der Waals surface area contributed by atoms with Crippen molar-refractivity contribution in [2.75, 3.05) is 5.32 Å².